The molecule has 0 aliphatic heterocycles. The molecule has 0 aliphatic rings. The summed E-state index contributed by atoms with van der Waals surface area (Å²) in [6, 6.07) is 63.1. The number of nitrogens with zero attached hydrogens (tertiary/aromatic N) is 1. The minimum atomic E-state index is -0.415. The maximum Gasteiger partial charge on any atom is 0.131 e. The summed E-state index contributed by atoms with van der Waals surface area (Å²) < 4.78 is 7.76. The smallest absolute Gasteiger partial charge is 0.131 e. The molecule has 272 valence electrons. The van der Waals surface area contributed by atoms with Gasteiger partial charge in [0.15, 0.2) is 0 Å². The molecule has 0 saturated heterocycles. The Bertz CT molecular complexity index is 3320. The van der Waals surface area contributed by atoms with E-state index in [1.807, 2.05) is 58.3 Å². The molecule has 0 spiro atoms. The van der Waals surface area contributed by atoms with Crippen LogP contribution in [0.1, 0.15) is 22.9 Å². The molecule has 8 aromatic carbocycles. The number of rotatable bonds is 7. The lowest BCUT2D eigenvalue weighted by atomic mass is 9.97. The van der Waals surface area contributed by atoms with Crippen molar-refractivity contribution in [3.05, 3.63) is 193 Å². The minimum absolute atomic E-state index is 0.415. The Morgan fingerprint density at radius 3 is 1.63 bits per heavy atom. The third-order valence-electron chi connectivity index (χ3n) is 11.0. The van der Waals surface area contributed by atoms with Crippen LogP contribution in [0.4, 0.5) is 0 Å². The molecule has 3 heterocycles. The standard InChI is InChI=1S/C51H35N3S3/c52-50(32-16-5-2-6-17-32)54-51(53-30-31-14-3-1-4-15-31)42-27-12-26-40-39-25-11-24-38(48(39)57-49(40)42)37-23-10-22-36-35-21-9-20-34(46(35)56-47(36)37)33-19-13-29-44-45(33)41-18-7-8-28-43(41)55-44/h1-29,50H,30,52H2,(H,53,54). The Morgan fingerprint density at radius 2 is 0.947 bits per heavy atom. The summed E-state index contributed by atoms with van der Waals surface area (Å²) in [6.07, 6.45) is -0.415. The Labute approximate surface area is 342 Å². The molecule has 11 aromatic rings. The van der Waals surface area contributed by atoms with Crippen molar-refractivity contribution in [1.29, 1.82) is 0 Å². The summed E-state index contributed by atoms with van der Waals surface area (Å²) in [5.74, 6) is 0.793. The number of hydrogen-bond acceptors (Lipinski definition) is 5. The summed E-state index contributed by atoms with van der Waals surface area (Å²) >= 11 is 5.64. The second-order valence-corrected chi connectivity index (χ2v) is 17.5. The van der Waals surface area contributed by atoms with E-state index >= 15 is 0 Å². The van der Waals surface area contributed by atoms with Gasteiger partial charge in [0.2, 0.25) is 0 Å². The van der Waals surface area contributed by atoms with Gasteiger partial charge in [-0.3, -0.25) is 4.99 Å². The molecule has 0 saturated carbocycles. The van der Waals surface area contributed by atoms with Gasteiger partial charge in [-0.25, -0.2) is 0 Å². The lowest BCUT2D eigenvalue weighted by Crippen LogP contribution is -2.34. The van der Waals surface area contributed by atoms with E-state index in [2.05, 4.69) is 157 Å². The molecule has 11 rings (SSSR count). The summed E-state index contributed by atoms with van der Waals surface area (Å²) in [5.41, 5.74) is 15.1. The zero-order valence-corrected chi connectivity index (χ0v) is 33.2. The summed E-state index contributed by atoms with van der Waals surface area (Å²) in [5, 5.41) is 11.4. The first-order valence-corrected chi connectivity index (χ1v) is 21.6. The van der Waals surface area contributed by atoms with Gasteiger partial charge in [0.25, 0.3) is 0 Å². The third-order valence-corrected chi connectivity index (χ3v) is 14.7. The number of hydrogen-bond donors (Lipinski definition) is 2. The van der Waals surface area contributed by atoms with Crippen molar-refractivity contribution in [2.24, 2.45) is 10.7 Å². The second-order valence-electron chi connectivity index (χ2n) is 14.4. The number of nitrogens with two attached hydrogens (primary N) is 1. The highest BCUT2D eigenvalue weighted by atomic mass is 32.1. The summed E-state index contributed by atoms with van der Waals surface area (Å²) in [4.78, 5) is 5.20. The van der Waals surface area contributed by atoms with Gasteiger partial charge >= 0.3 is 0 Å². The molecule has 0 radical (unpaired) electrons. The SMILES string of the molecule is NC(N/C(=N\Cc1ccccc1)c1cccc2c1sc1c(-c3cccc4c3sc3c(-c5cccc6sc7ccccc7c56)cccc34)cccc12)c1ccccc1. The number of thiophene rings is 3. The zero-order valence-electron chi connectivity index (χ0n) is 30.8. The van der Waals surface area contributed by atoms with E-state index in [-0.39, 0.29) is 0 Å². The Kier molecular flexibility index (Phi) is 8.44. The molecular formula is C51H35N3S3. The number of aliphatic imine (C=N–C) groups is 1. The molecule has 3 aromatic heterocycles. The predicted molar refractivity (Wildman–Crippen MR) is 249 cm³/mol. The quantitative estimate of drug-likeness (QED) is 0.0960. The maximum atomic E-state index is 6.81. The lowest BCUT2D eigenvalue weighted by Gasteiger charge is -2.18. The fourth-order valence-corrected chi connectivity index (χ4v) is 12.1. The van der Waals surface area contributed by atoms with Crippen LogP contribution in [0, 0.1) is 0 Å². The van der Waals surface area contributed by atoms with E-state index < -0.39 is 6.17 Å². The van der Waals surface area contributed by atoms with Gasteiger partial charge in [-0.05, 0) is 34.9 Å². The van der Waals surface area contributed by atoms with Crippen LogP contribution in [0.2, 0.25) is 0 Å². The van der Waals surface area contributed by atoms with Gasteiger partial charge in [0, 0.05) is 82.8 Å². The highest BCUT2D eigenvalue weighted by molar-refractivity contribution is 7.28. The molecule has 6 heteroatoms. The van der Waals surface area contributed by atoms with E-state index in [1.54, 1.807) is 0 Å². The van der Waals surface area contributed by atoms with Crippen LogP contribution < -0.4 is 11.1 Å². The number of nitrogens with one attached hydrogen (secondary N) is 1. The molecule has 3 nitrogen and oxygen atoms in total. The topological polar surface area (TPSA) is 50.4 Å². The van der Waals surface area contributed by atoms with E-state index in [0.29, 0.717) is 6.54 Å². The molecule has 0 bridgehead atoms. The largest absolute Gasteiger partial charge is 0.351 e. The molecule has 57 heavy (non-hydrogen) atoms. The van der Waals surface area contributed by atoms with Crippen LogP contribution in [-0.4, -0.2) is 5.84 Å². The number of amidine groups is 1. The van der Waals surface area contributed by atoms with Gasteiger partial charge in [0.05, 0.1) is 6.54 Å². The molecule has 0 amide bonds. The van der Waals surface area contributed by atoms with Crippen LogP contribution >= 0.6 is 34.0 Å². The fraction of sp³-hybridized carbons (Fsp3) is 0.0392. The van der Waals surface area contributed by atoms with Crippen molar-refractivity contribution < 1.29 is 0 Å². The number of fused-ring (bicyclic) bond motifs is 9. The van der Waals surface area contributed by atoms with E-state index in [9.17, 15) is 0 Å². The van der Waals surface area contributed by atoms with Gasteiger partial charge in [-0.15, -0.1) is 34.0 Å². The van der Waals surface area contributed by atoms with Crippen molar-refractivity contribution in [1.82, 2.24) is 5.32 Å². The van der Waals surface area contributed by atoms with Crippen LogP contribution in [0.15, 0.2) is 181 Å². The third kappa shape index (κ3) is 5.84. The molecule has 1 atom stereocenters. The Balaban J connectivity index is 1.08. The van der Waals surface area contributed by atoms with Gasteiger partial charge < -0.3 is 11.1 Å². The zero-order chi connectivity index (χ0) is 37.9. The summed E-state index contributed by atoms with van der Waals surface area (Å²) in [7, 11) is 0. The van der Waals surface area contributed by atoms with Crippen molar-refractivity contribution >= 4 is 100 Å². The van der Waals surface area contributed by atoms with Gasteiger partial charge in [-0.1, -0.05) is 158 Å². The van der Waals surface area contributed by atoms with Crippen LogP contribution in [0.3, 0.4) is 0 Å². The van der Waals surface area contributed by atoms with Crippen molar-refractivity contribution in [3.63, 3.8) is 0 Å². The van der Waals surface area contributed by atoms with Gasteiger partial charge in [0.1, 0.15) is 12.0 Å². The molecular weight excluding hydrogens is 751 g/mol. The highest BCUT2D eigenvalue weighted by Crippen LogP contribution is 2.49. The predicted octanol–water partition coefficient (Wildman–Crippen LogP) is 14.3. The normalized spacial score (nSPS) is 12.8. The monoisotopic (exact) mass is 785 g/mol. The van der Waals surface area contributed by atoms with E-state index in [1.165, 1.54) is 82.8 Å². The summed E-state index contributed by atoms with van der Waals surface area (Å²) in [6.45, 7) is 0.546. The first-order valence-electron chi connectivity index (χ1n) is 19.1. The first kappa shape index (κ1) is 34.1. The van der Waals surface area contributed by atoms with Crippen LogP contribution in [-0.2, 0) is 6.54 Å². The molecule has 3 N–H and O–H groups in total. The fourth-order valence-electron chi connectivity index (χ4n) is 8.32. The highest BCUT2D eigenvalue weighted by Gasteiger charge is 2.21. The second kappa shape index (κ2) is 14.1. The molecule has 1 unspecified atom stereocenters. The Hall–Kier alpha value is -6.15. The van der Waals surface area contributed by atoms with Crippen molar-refractivity contribution in [2.75, 3.05) is 0 Å². The molecule has 0 fully saturated rings. The van der Waals surface area contributed by atoms with Gasteiger partial charge in [-0.2, -0.15) is 0 Å². The van der Waals surface area contributed by atoms with E-state index in [4.69, 9.17) is 10.7 Å². The average molecular weight is 786 g/mol. The molecule has 0 aliphatic carbocycles. The average Bonchev–Trinajstić information content (AvgIpc) is 3.97. The maximum absolute atomic E-state index is 6.81. The van der Waals surface area contributed by atoms with Crippen molar-refractivity contribution in [3.8, 4) is 22.3 Å². The first-order chi connectivity index (χ1) is 28.2. The van der Waals surface area contributed by atoms with Crippen LogP contribution in [0.25, 0.3) is 82.8 Å². The van der Waals surface area contributed by atoms with Crippen LogP contribution in [0.5, 0.6) is 0 Å². The van der Waals surface area contributed by atoms with E-state index in [0.717, 1.165) is 22.5 Å². The number of benzene rings is 8. The lowest BCUT2D eigenvalue weighted by molar-refractivity contribution is 0.679. The minimum Gasteiger partial charge on any atom is -0.351 e. The van der Waals surface area contributed by atoms with Crippen molar-refractivity contribution in [2.45, 2.75) is 12.7 Å². The Morgan fingerprint density at radius 1 is 0.456 bits per heavy atom.